The van der Waals surface area contributed by atoms with Crippen molar-refractivity contribution < 1.29 is 0 Å². The first-order valence-electron chi connectivity index (χ1n) is 17.8. The summed E-state index contributed by atoms with van der Waals surface area (Å²) in [7, 11) is 0. The maximum absolute atomic E-state index is 2.51. The Hall–Kier alpha value is -5.76. The molecule has 0 unspecified atom stereocenters. The number of rotatable bonds is 4. The zero-order chi connectivity index (χ0) is 34.2. The fraction of sp³-hybridized carbons (Fsp3) is 0. The molecule has 2 heterocycles. The van der Waals surface area contributed by atoms with E-state index in [9.17, 15) is 0 Å². The van der Waals surface area contributed by atoms with E-state index < -0.39 is 0 Å². The Kier molecular flexibility index (Phi) is 6.85. The van der Waals surface area contributed by atoms with Gasteiger partial charge < -0.3 is 0 Å². The van der Waals surface area contributed by atoms with Crippen molar-refractivity contribution in [2.45, 2.75) is 0 Å². The molecule has 0 aliphatic rings. The van der Waals surface area contributed by atoms with Crippen LogP contribution in [-0.4, -0.2) is 14.5 Å². The van der Waals surface area contributed by atoms with E-state index in [1.165, 1.54) is 106 Å². The van der Waals surface area contributed by atoms with Crippen molar-refractivity contribution in [1.82, 2.24) is 0 Å². The van der Waals surface area contributed by atoms with Gasteiger partial charge in [-0.25, -0.2) is 0 Å². The minimum atomic E-state index is 0.189. The first-order valence-corrected chi connectivity index (χ1v) is 20.3. The molecule has 0 nitrogen and oxygen atoms in total. The van der Waals surface area contributed by atoms with Gasteiger partial charge in [0.1, 0.15) is 0 Å². The van der Waals surface area contributed by atoms with E-state index in [0.29, 0.717) is 0 Å². The number of hydrogen-bond acceptors (Lipinski definition) is 1. The normalized spacial score (nSPS) is 11.8. The number of benzene rings is 9. The molecule has 0 aliphatic heterocycles. The molecule has 0 bridgehead atoms. The van der Waals surface area contributed by atoms with Gasteiger partial charge in [0.2, 0.25) is 0 Å². The van der Waals surface area contributed by atoms with Crippen LogP contribution in [0.1, 0.15) is 0 Å². The van der Waals surface area contributed by atoms with Crippen LogP contribution in [-0.2, 0) is 0 Å². The molecule has 0 atom stereocenters. The Morgan fingerprint density at radius 3 is 1.40 bits per heavy atom. The third-order valence-electron chi connectivity index (χ3n) is 10.7. The van der Waals surface area contributed by atoms with Gasteiger partial charge >= 0.3 is 313 Å². The molecule has 242 valence electrons. The first-order chi connectivity index (χ1) is 25.8. The van der Waals surface area contributed by atoms with E-state index in [1.54, 1.807) is 0 Å². The van der Waals surface area contributed by atoms with Crippen molar-refractivity contribution in [2.75, 3.05) is 0 Å². The molecule has 0 radical (unpaired) electrons. The van der Waals surface area contributed by atoms with E-state index in [0.717, 1.165) is 0 Å². The molecule has 2 heteroatoms. The van der Waals surface area contributed by atoms with E-state index in [1.807, 2.05) is 11.3 Å². The van der Waals surface area contributed by atoms with Gasteiger partial charge in [-0.15, -0.1) is 0 Å². The van der Waals surface area contributed by atoms with Crippen molar-refractivity contribution in [3.8, 4) is 43.8 Å². The molecule has 0 saturated carbocycles. The molecule has 0 aliphatic carbocycles. The average Bonchev–Trinajstić information content (AvgIpc) is 3.87. The number of thiophene rings is 1. The molecule has 11 rings (SSSR count). The fourth-order valence-corrected chi connectivity index (χ4v) is 11.9. The molecule has 0 fully saturated rings. The van der Waals surface area contributed by atoms with Gasteiger partial charge in [0.25, 0.3) is 0 Å². The van der Waals surface area contributed by atoms with Gasteiger partial charge in [0.05, 0.1) is 0 Å². The van der Waals surface area contributed by atoms with Gasteiger partial charge in [-0.3, -0.25) is 0 Å². The third kappa shape index (κ3) is 4.46. The molecule has 0 spiro atoms. The molecular formula is C50H30SSe. The van der Waals surface area contributed by atoms with Crippen molar-refractivity contribution in [2.24, 2.45) is 0 Å². The van der Waals surface area contributed by atoms with Gasteiger partial charge in [0.15, 0.2) is 0 Å². The fourth-order valence-electron chi connectivity index (χ4n) is 8.65. The zero-order valence-corrected chi connectivity index (χ0v) is 30.7. The second-order valence-corrected chi connectivity index (χ2v) is 16.7. The monoisotopic (exact) mass is 742 g/mol. The summed E-state index contributed by atoms with van der Waals surface area (Å²) < 4.78 is 2.91. The van der Waals surface area contributed by atoms with Crippen LogP contribution < -0.4 is 0 Å². The predicted octanol–water partition coefficient (Wildman–Crippen LogP) is 14.4. The summed E-state index contributed by atoms with van der Waals surface area (Å²) in [5, 5.41) is 15.4. The average molecular weight is 742 g/mol. The molecule has 52 heavy (non-hydrogen) atoms. The van der Waals surface area contributed by atoms with Crippen molar-refractivity contribution >= 4 is 88.2 Å². The van der Waals surface area contributed by atoms with Gasteiger partial charge in [-0.2, -0.15) is 0 Å². The Bertz CT molecular complexity index is 3050. The van der Waals surface area contributed by atoms with Crippen LogP contribution in [0.25, 0.3) is 106 Å². The van der Waals surface area contributed by atoms with Gasteiger partial charge in [-0.05, 0) is 0 Å². The quantitative estimate of drug-likeness (QED) is 0.124. The Labute approximate surface area is 311 Å². The van der Waals surface area contributed by atoms with Gasteiger partial charge in [-0.1, -0.05) is 0 Å². The van der Waals surface area contributed by atoms with E-state index in [2.05, 4.69) is 181 Å². The van der Waals surface area contributed by atoms with Crippen LogP contribution in [0.5, 0.6) is 0 Å². The van der Waals surface area contributed by atoms with E-state index >= 15 is 0 Å². The molecule has 0 N–H and O–H groups in total. The summed E-state index contributed by atoms with van der Waals surface area (Å²) in [6.07, 6.45) is 0. The molecule has 0 amide bonds. The van der Waals surface area contributed by atoms with E-state index in [4.69, 9.17) is 0 Å². The second kappa shape index (κ2) is 11.9. The minimum absolute atomic E-state index is 0.189. The number of fused-ring (bicyclic) bond motifs is 7. The number of hydrogen-bond donors (Lipinski definition) is 0. The predicted molar refractivity (Wildman–Crippen MR) is 228 cm³/mol. The van der Waals surface area contributed by atoms with Crippen LogP contribution in [0.15, 0.2) is 181 Å². The molecule has 2 aromatic heterocycles. The maximum atomic E-state index is 2.51. The van der Waals surface area contributed by atoms with Crippen molar-refractivity contribution in [3.05, 3.63) is 181 Å². The summed E-state index contributed by atoms with van der Waals surface area (Å²) in [6.45, 7) is 0. The topological polar surface area (TPSA) is 0 Å². The Morgan fingerprint density at radius 1 is 0.327 bits per heavy atom. The van der Waals surface area contributed by atoms with Crippen LogP contribution >= 0.6 is 11.3 Å². The summed E-state index contributed by atoms with van der Waals surface area (Å²) >= 11 is 2.01. The first kappa shape index (κ1) is 29.9. The zero-order valence-electron chi connectivity index (χ0n) is 28.1. The van der Waals surface area contributed by atoms with Crippen LogP contribution in [0.3, 0.4) is 0 Å². The Balaban J connectivity index is 1.19. The van der Waals surface area contributed by atoms with Gasteiger partial charge in [0, 0.05) is 0 Å². The molecular weight excluding hydrogens is 712 g/mol. The van der Waals surface area contributed by atoms with E-state index in [-0.39, 0.29) is 14.5 Å². The SMILES string of the molecule is c1ccc(-c2c3ccccc3c(-c3cccc4[se]c5cc(-c6c7ccccc7c(-c7cccs7)c7ccccc67)ccc5c34)c3ccccc23)cc1. The summed E-state index contributed by atoms with van der Waals surface area (Å²) in [5.41, 5.74) is 9.18. The molecule has 0 saturated heterocycles. The van der Waals surface area contributed by atoms with Crippen LogP contribution in [0, 0.1) is 0 Å². The standard InChI is InChI=1S/C50H30SSe/c1-2-14-31(15-3-1)46-33-16-4-8-20-37(33)48(38-21-9-5-17-34(38)46)42-24-12-26-44-50(42)41-28-27-32(30-45(41)52-44)47-35-18-6-10-22-39(35)49(43-25-13-29-51-43)40-23-11-7-19-36(40)47/h1-30H. The second-order valence-electron chi connectivity index (χ2n) is 13.5. The summed E-state index contributed by atoms with van der Waals surface area (Å²) in [6, 6.07) is 65.6. The summed E-state index contributed by atoms with van der Waals surface area (Å²) in [5.74, 6) is 0. The van der Waals surface area contributed by atoms with Crippen LogP contribution in [0.2, 0.25) is 0 Å². The third-order valence-corrected chi connectivity index (χ3v) is 14.0. The van der Waals surface area contributed by atoms with Crippen molar-refractivity contribution in [3.63, 3.8) is 0 Å². The summed E-state index contributed by atoms with van der Waals surface area (Å²) in [4.78, 5) is 1.32. The van der Waals surface area contributed by atoms with Crippen LogP contribution in [0.4, 0.5) is 0 Å². The molecule has 11 aromatic rings. The Morgan fingerprint density at radius 2 is 0.846 bits per heavy atom. The van der Waals surface area contributed by atoms with Crippen molar-refractivity contribution in [1.29, 1.82) is 0 Å². The molecule has 9 aromatic carbocycles.